The second-order valence-electron chi connectivity index (χ2n) is 4.53. The smallest absolute Gasteiger partial charge is 0.326 e. The summed E-state index contributed by atoms with van der Waals surface area (Å²) in [5.41, 5.74) is 0.182. The van der Waals surface area contributed by atoms with Gasteiger partial charge in [-0.15, -0.1) is 0 Å². The second-order valence-corrected chi connectivity index (χ2v) is 5.33. The molecule has 0 bridgehead atoms. The van der Waals surface area contributed by atoms with Crippen molar-refractivity contribution in [3.8, 4) is 0 Å². The number of halogens is 2. The van der Waals surface area contributed by atoms with E-state index in [0.29, 0.717) is 13.0 Å². The van der Waals surface area contributed by atoms with Crippen molar-refractivity contribution in [2.45, 2.75) is 19.4 Å². The first-order valence-electron chi connectivity index (χ1n) is 5.76. The Labute approximate surface area is 120 Å². The number of aromatic nitrogens is 1. The molecule has 2 rings (SSSR count). The highest BCUT2D eigenvalue weighted by molar-refractivity contribution is 6.35. The van der Waals surface area contributed by atoms with Crippen molar-refractivity contribution in [2.24, 2.45) is 5.92 Å². The van der Waals surface area contributed by atoms with Crippen LogP contribution < -0.4 is 0 Å². The number of nitrogens with zero attached hydrogens (tertiary/aromatic N) is 2. The zero-order valence-electron chi connectivity index (χ0n) is 10.1. The van der Waals surface area contributed by atoms with Crippen LogP contribution in [0.3, 0.4) is 0 Å². The molecular formula is C12H12Cl2N2O3. The molecule has 0 spiro atoms. The third-order valence-electron chi connectivity index (χ3n) is 3.27. The first-order valence-corrected chi connectivity index (χ1v) is 6.52. The topological polar surface area (TPSA) is 70.5 Å². The lowest BCUT2D eigenvalue weighted by Crippen LogP contribution is -2.42. The van der Waals surface area contributed by atoms with Gasteiger partial charge < -0.3 is 10.0 Å². The number of rotatable bonds is 2. The van der Waals surface area contributed by atoms with Crippen LogP contribution in [0.15, 0.2) is 12.3 Å². The molecule has 0 saturated carbocycles. The third-order valence-corrected chi connectivity index (χ3v) is 3.77. The first-order chi connectivity index (χ1) is 8.91. The van der Waals surface area contributed by atoms with Crippen molar-refractivity contribution in [1.82, 2.24) is 9.88 Å². The molecule has 7 heteroatoms. The zero-order valence-corrected chi connectivity index (χ0v) is 11.6. The Hall–Kier alpha value is -1.33. The van der Waals surface area contributed by atoms with Crippen molar-refractivity contribution in [3.63, 3.8) is 0 Å². The molecule has 1 amide bonds. The van der Waals surface area contributed by atoms with E-state index in [0.717, 1.165) is 0 Å². The van der Waals surface area contributed by atoms with Crippen molar-refractivity contribution in [2.75, 3.05) is 6.54 Å². The minimum absolute atomic E-state index is 0.0856. The van der Waals surface area contributed by atoms with Crippen LogP contribution in [0.25, 0.3) is 0 Å². The lowest BCUT2D eigenvalue weighted by Gasteiger charge is -2.23. The van der Waals surface area contributed by atoms with Crippen LogP contribution in [0, 0.1) is 5.92 Å². The van der Waals surface area contributed by atoms with Crippen LogP contribution >= 0.6 is 23.2 Å². The Morgan fingerprint density at radius 2 is 2.16 bits per heavy atom. The van der Waals surface area contributed by atoms with Crippen molar-refractivity contribution >= 4 is 35.1 Å². The maximum atomic E-state index is 12.4. The molecule has 0 radical (unpaired) electrons. The van der Waals surface area contributed by atoms with Gasteiger partial charge in [0.05, 0.1) is 10.6 Å². The van der Waals surface area contributed by atoms with Gasteiger partial charge in [0.2, 0.25) is 0 Å². The van der Waals surface area contributed by atoms with E-state index in [-0.39, 0.29) is 21.7 Å². The minimum atomic E-state index is -1.00. The van der Waals surface area contributed by atoms with E-state index in [1.54, 1.807) is 0 Å². The summed E-state index contributed by atoms with van der Waals surface area (Å²) in [6.45, 7) is 2.21. The summed E-state index contributed by atoms with van der Waals surface area (Å²) in [5.74, 6) is -1.52. The van der Waals surface area contributed by atoms with Gasteiger partial charge in [-0.05, 0) is 18.4 Å². The molecule has 102 valence electrons. The average molecular weight is 303 g/mol. The van der Waals surface area contributed by atoms with Gasteiger partial charge in [0, 0.05) is 12.7 Å². The highest BCUT2D eigenvalue weighted by atomic mass is 35.5. The Balaban J connectivity index is 2.33. The van der Waals surface area contributed by atoms with Gasteiger partial charge in [-0.3, -0.25) is 4.79 Å². The number of carbonyl (C=O) groups excluding carboxylic acids is 1. The van der Waals surface area contributed by atoms with Gasteiger partial charge >= 0.3 is 5.97 Å². The van der Waals surface area contributed by atoms with Crippen molar-refractivity contribution in [3.05, 3.63) is 28.0 Å². The number of amides is 1. The molecular weight excluding hydrogens is 291 g/mol. The van der Waals surface area contributed by atoms with E-state index < -0.39 is 17.9 Å². The number of pyridine rings is 1. The molecule has 0 aromatic carbocycles. The summed E-state index contributed by atoms with van der Waals surface area (Å²) in [5, 5.41) is 9.52. The molecule has 5 nitrogen and oxygen atoms in total. The summed E-state index contributed by atoms with van der Waals surface area (Å²) in [6, 6.07) is 0.532. The van der Waals surface area contributed by atoms with Gasteiger partial charge in [-0.2, -0.15) is 0 Å². The minimum Gasteiger partial charge on any atom is -0.480 e. The molecule has 1 aliphatic heterocycles. The molecule has 1 N–H and O–H groups in total. The molecule has 0 aliphatic carbocycles. The Kier molecular flexibility index (Phi) is 3.96. The normalized spacial score (nSPS) is 22.6. The number of carbonyl (C=O) groups is 2. The Morgan fingerprint density at radius 3 is 2.79 bits per heavy atom. The van der Waals surface area contributed by atoms with Gasteiger partial charge in [-0.1, -0.05) is 30.1 Å². The fourth-order valence-electron chi connectivity index (χ4n) is 2.28. The quantitative estimate of drug-likeness (QED) is 0.851. The molecule has 2 heterocycles. The number of carboxylic acids is 1. The molecule has 1 fully saturated rings. The number of hydrogen-bond acceptors (Lipinski definition) is 3. The third kappa shape index (κ3) is 2.67. The maximum absolute atomic E-state index is 12.4. The summed E-state index contributed by atoms with van der Waals surface area (Å²) in [6.07, 6.45) is 1.94. The van der Waals surface area contributed by atoms with Crippen LogP contribution in [0.5, 0.6) is 0 Å². The molecule has 1 aromatic rings. The van der Waals surface area contributed by atoms with E-state index in [1.165, 1.54) is 17.2 Å². The molecule has 2 atom stereocenters. The van der Waals surface area contributed by atoms with E-state index in [1.807, 2.05) is 6.92 Å². The second kappa shape index (κ2) is 5.35. The summed E-state index contributed by atoms with van der Waals surface area (Å²) in [7, 11) is 0. The van der Waals surface area contributed by atoms with Crippen LogP contribution in [0.2, 0.25) is 10.2 Å². The van der Waals surface area contributed by atoms with Crippen LogP contribution in [0.4, 0.5) is 0 Å². The Morgan fingerprint density at radius 1 is 1.47 bits per heavy atom. The summed E-state index contributed by atoms with van der Waals surface area (Å²) < 4.78 is 0. The van der Waals surface area contributed by atoms with E-state index in [2.05, 4.69) is 4.98 Å². The van der Waals surface area contributed by atoms with Crippen LogP contribution in [-0.2, 0) is 4.79 Å². The van der Waals surface area contributed by atoms with Gasteiger partial charge in [0.15, 0.2) is 0 Å². The zero-order chi connectivity index (χ0) is 14.2. The van der Waals surface area contributed by atoms with E-state index in [4.69, 9.17) is 23.2 Å². The standard InChI is InChI=1S/C12H12Cl2N2O3/c1-6-2-3-16(10(6)12(18)19)11(17)7-4-9(14)15-5-8(7)13/h4-6,10H,2-3H2,1H3,(H,18,19). The van der Waals surface area contributed by atoms with Gasteiger partial charge in [0.1, 0.15) is 11.2 Å². The molecule has 1 aromatic heterocycles. The Bertz CT molecular complexity index is 536. The van der Waals surface area contributed by atoms with Gasteiger partial charge in [-0.25, -0.2) is 9.78 Å². The largest absolute Gasteiger partial charge is 0.480 e. The number of likely N-dealkylation sites (tertiary alicyclic amines) is 1. The van der Waals surface area contributed by atoms with Gasteiger partial charge in [0.25, 0.3) is 5.91 Å². The highest BCUT2D eigenvalue weighted by Crippen LogP contribution is 2.28. The number of carboxylic acid groups (broad SMARTS) is 1. The molecule has 2 unspecified atom stereocenters. The van der Waals surface area contributed by atoms with Crippen LogP contribution in [-0.4, -0.2) is 39.5 Å². The first kappa shape index (κ1) is 14.1. The maximum Gasteiger partial charge on any atom is 0.326 e. The molecule has 19 heavy (non-hydrogen) atoms. The van der Waals surface area contributed by atoms with E-state index >= 15 is 0 Å². The predicted molar refractivity (Wildman–Crippen MR) is 70.5 cm³/mol. The number of aliphatic carboxylic acids is 1. The number of hydrogen-bond donors (Lipinski definition) is 1. The van der Waals surface area contributed by atoms with Crippen molar-refractivity contribution in [1.29, 1.82) is 0 Å². The fourth-order valence-corrected chi connectivity index (χ4v) is 2.63. The summed E-state index contributed by atoms with van der Waals surface area (Å²) >= 11 is 11.7. The fraction of sp³-hybridized carbons (Fsp3) is 0.417. The molecule has 1 aliphatic rings. The predicted octanol–water partition coefficient (Wildman–Crippen LogP) is 2.32. The lowest BCUT2D eigenvalue weighted by molar-refractivity contribution is -0.142. The molecule has 1 saturated heterocycles. The monoisotopic (exact) mass is 302 g/mol. The lowest BCUT2D eigenvalue weighted by atomic mass is 10.0. The van der Waals surface area contributed by atoms with E-state index in [9.17, 15) is 14.7 Å². The summed E-state index contributed by atoms with van der Waals surface area (Å²) in [4.78, 5) is 28.7. The highest BCUT2D eigenvalue weighted by Gasteiger charge is 2.40. The van der Waals surface area contributed by atoms with Crippen LogP contribution in [0.1, 0.15) is 23.7 Å². The SMILES string of the molecule is CC1CCN(C(=O)c2cc(Cl)ncc2Cl)C1C(=O)O. The van der Waals surface area contributed by atoms with Crippen molar-refractivity contribution < 1.29 is 14.7 Å². The average Bonchev–Trinajstić information content (AvgIpc) is 2.73.